The van der Waals surface area contributed by atoms with Crippen LogP contribution in [0.1, 0.15) is 18.5 Å². The average Bonchev–Trinajstić information content (AvgIpc) is 2.40. The molecule has 2 atom stereocenters. The quantitative estimate of drug-likeness (QED) is 0.741. The molecule has 0 saturated carbocycles. The van der Waals surface area contributed by atoms with Crippen molar-refractivity contribution in [2.45, 2.75) is 19.0 Å². The minimum absolute atomic E-state index is 0.0287. The molecule has 98 valence electrons. The number of aromatic nitrogens is 2. The van der Waals surface area contributed by atoms with E-state index in [-0.39, 0.29) is 6.04 Å². The first kappa shape index (κ1) is 12.9. The summed E-state index contributed by atoms with van der Waals surface area (Å²) >= 11 is 0. The molecule has 2 rings (SSSR count). The third-order valence-electron chi connectivity index (χ3n) is 3.13. The van der Waals surface area contributed by atoms with Gasteiger partial charge in [0.15, 0.2) is 0 Å². The van der Waals surface area contributed by atoms with Gasteiger partial charge < -0.3 is 10.1 Å². The molecule has 1 aromatic rings. The normalized spacial score (nSPS) is 22.4. The van der Waals surface area contributed by atoms with Crippen molar-refractivity contribution in [2.75, 3.05) is 26.2 Å². The molecule has 0 amide bonds. The lowest BCUT2D eigenvalue weighted by molar-refractivity contribution is -0.130. The number of hydrogen-bond donors (Lipinski definition) is 1. The highest BCUT2D eigenvalue weighted by atomic mass is 16.5. The van der Waals surface area contributed by atoms with Gasteiger partial charge in [0.05, 0.1) is 6.04 Å². The molecule has 1 N–H and O–H groups in total. The molecule has 6 nitrogen and oxygen atoms in total. The fourth-order valence-corrected chi connectivity index (χ4v) is 2.27. The fourth-order valence-electron chi connectivity index (χ4n) is 2.27. The number of carbonyl (C=O) groups excluding carboxylic acids is 1. The molecule has 0 spiro atoms. The van der Waals surface area contributed by atoms with Crippen LogP contribution in [0, 0.1) is 0 Å². The highest BCUT2D eigenvalue weighted by molar-refractivity contribution is 5.37. The minimum atomic E-state index is 0.0287. The molecule has 1 saturated heterocycles. The van der Waals surface area contributed by atoms with Crippen LogP contribution >= 0.6 is 0 Å². The predicted molar refractivity (Wildman–Crippen MR) is 65.8 cm³/mol. The largest absolute Gasteiger partial charge is 0.466 e. The van der Waals surface area contributed by atoms with E-state index in [0.717, 1.165) is 25.2 Å². The summed E-state index contributed by atoms with van der Waals surface area (Å²) in [6.07, 6.45) is 5.05. The minimum Gasteiger partial charge on any atom is -0.466 e. The highest BCUT2D eigenvalue weighted by Gasteiger charge is 2.25. The summed E-state index contributed by atoms with van der Waals surface area (Å²) < 4.78 is 4.94. The zero-order valence-corrected chi connectivity index (χ0v) is 10.5. The Morgan fingerprint density at radius 2 is 2.39 bits per heavy atom. The Bertz CT molecular complexity index is 374. The second-order valence-electron chi connectivity index (χ2n) is 4.47. The molecule has 0 bridgehead atoms. The maximum Gasteiger partial charge on any atom is 0.293 e. The van der Waals surface area contributed by atoms with E-state index in [4.69, 9.17) is 4.74 Å². The monoisotopic (exact) mass is 250 g/mol. The molecule has 0 aromatic carbocycles. The van der Waals surface area contributed by atoms with Crippen LogP contribution in [0.4, 0.5) is 0 Å². The van der Waals surface area contributed by atoms with Crippen molar-refractivity contribution in [1.82, 2.24) is 20.2 Å². The summed E-state index contributed by atoms with van der Waals surface area (Å²) in [6.45, 7) is 5.75. The zero-order valence-electron chi connectivity index (χ0n) is 10.5. The molecule has 6 heteroatoms. The topological polar surface area (TPSA) is 67.3 Å². The molecule has 1 aromatic heterocycles. The first-order valence-electron chi connectivity index (χ1n) is 6.09. The lowest BCUT2D eigenvalue weighted by Gasteiger charge is -2.37. The van der Waals surface area contributed by atoms with E-state index in [9.17, 15) is 4.79 Å². The predicted octanol–water partition coefficient (Wildman–Crippen LogP) is -0.0156. The van der Waals surface area contributed by atoms with Crippen LogP contribution in [-0.2, 0) is 9.53 Å². The van der Waals surface area contributed by atoms with E-state index in [1.165, 1.54) is 6.33 Å². The van der Waals surface area contributed by atoms with Crippen molar-refractivity contribution in [1.29, 1.82) is 0 Å². The zero-order chi connectivity index (χ0) is 12.8. The number of piperazine rings is 1. The van der Waals surface area contributed by atoms with Gasteiger partial charge in [0.25, 0.3) is 6.47 Å². The second kappa shape index (κ2) is 6.42. The van der Waals surface area contributed by atoms with Gasteiger partial charge in [-0.15, -0.1) is 0 Å². The van der Waals surface area contributed by atoms with Crippen LogP contribution in [0.5, 0.6) is 0 Å². The SMILES string of the molecule is CC1CN(C(COC=O)c2cncnc2)CCN1. The number of carbonyl (C=O) groups is 1. The van der Waals surface area contributed by atoms with E-state index >= 15 is 0 Å². The number of ether oxygens (including phenoxy) is 1. The Kier molecular flexibility index (Phi) is 4.60. The molecular formula is C12H18N4O2. The first-order chi connectivity index (χ1) is 8.81. The van der Waals surface area contributed by atoms with Crippen molar-refractivity contribution in [3.8, 4) is 0 Å². The fraction of sp³-hybridized carbons (Fsp3) is 0.583. The number of rotatable bonds is 5. The molecule has 0 radical (unpaired) electrons. The van der Waals surface area contributed by atoms with Crippen LogP contribution in [0.25, 0.3) is 0 Å². The van der Waals surface area contributed by atoms with Crippen LogP contribution in [0.3, 0.4) is 0 Å². The van der Waals surface area contributed by atoms with Crippen molar-refractivity contribution in [3.05, 3.63) is 24.3 Å². The first-order valence-corrected chi connectivity index (χ1v) is 6.09. The van der Waals surface area contributed by atoms with Gasteiger partial charge in [0.2, 0.25) is 0 Å². The Balaban J connectivity index is 2.11. The van der Waals surface area contributed by atoms with E-state index in [1.54, 1.807) is 12.4 Å². The number of hydrogen-bond acceptors (Lipinski definition) is 6. The average molecular weight is 250 g/mol. The Hall–Kier alpha value is -1.53. The van der Waals surface area contributed by atoms with Crippen LogP contribution < -0.4 is 5.32 Å². The van der Waals surface area contributed by atoms with Gasteiger partial charge in [-0.1, -0.05) is 0 Å². The molecule has 1 fully saturated rings. The molecular weight excluding hydrogens is 232 g/mol. The second-order valence-corrected chi connectivity index (χ2v) is 4.47. The third kappa shape index (κ3) is 3.24. The van der Waals surface area contributed by atoms with E-state index < -0.39 is 0 Å². The van der Waals surface area contributed by atoms with Gasteiger partial charge in [-0.25, -0.2) is 9.97 Å². The van der Waals surface area contributed by atoms with Gasteiger partial charge in [0, 0.05) is 43.6 Å². The Labute approximate surface area is 106 Å². The van der Waals surface area contributed by atoms with Crippen LogP contribution in [0.2, 0.25) is 0 Å². The smallest absolute Gasteiger partial charge is 0.293 e. The standard InChI is InChI=1S/C12H18N4O2/c1-10-6-16(3-2-15-10)12(7-18-9-17)11-4-13-8-14-5-11/h4-5,8-10,12,15H,2-3,6-7H2,1H3. The van der Waals surface area contributed by atoms with Crippen LogP contribution in [-0.4, -0.2) is 53.6 Å². The van der Waals surface area contributed by atoms with Gasteiger partial charge in [-0.3, -0.25) is 9.69 Å². The summed E-state index contributed by atoms with van der Waals surface area (Å²) in [4.78, 5) is 20.8. The van der Waals surface area contributed by atoms with Gasteiger partial charge in [-0.05, 0) is 6.92 Å². The molecule has 0 aliphatic carbocycles. The summed E-state index contributed by atoms with van der Waals surface area (Å²) in [5.41, 5.74) is 0.980. The van der Waals surface area contributed by atoms with E-state index in [0.29, 0.717) is 19.1 Å². The van der Waals surface area contributed by atoms with Crippen molar-refractivity contribution in [3.63, 3.8) is 0 Å². The maximum absolute atomic E-state index is 10.4. The van der Waals surface area contributed by atoms with Crippen molar-refractivity contribution >= 4 is 6.47 Å². The molecule has 18 heavy (non-hydrogen) atoms. The van der Waals surface area contributed by atoms with Gasteiger partial charge in [0.1, 0.15) is 12.9 Å². The summed E-state index contributed by atoms with van der Waals surface area (Å²) in [5.74, 6) is 0. The third-order valence-corrected chi connectivity index (χ3v) is 3.13. The van der Waals surface area contributed by atoms with E-state index in [2.05, 4.69) is 27.1 Å². The number of nitrogens with zero attached hydrogens (tertiary/aromatic N) is 3. The lowest BCUT2D eigenvalue weighted by atomic mass is 10.1. The molecule has 2 unspecified atom stereocenters. The molecule has 1 aliphatic heterocycles. The summed E-state index contributed by atoms with van der Waals surface area (Å²) in [7, 11) is 0. The molecule has 1 aliphatic rings. The number of nitrogens with one attached hydrogen (secondary N) is 1. The van der Waals surface area contributed by atoms with Crippen molar-refractivity contribution in [2.24, 2.45) is 0 Å². The maximum atomic E-state index is 10.4. The van der Waals surface area contributed by atoms with E-state index in [1.807, 2.05) is 0 Å². The van der Waals surface area contributed by atoms with Gasteiger partial charge >= 0.3 is 0 Å². The van der Waals surface area contributed by atoms with Crippen molar-refractivity contribution < 1.29 is 9.53 Å². The molecule has 2 heterocycles. The van der Waals surface area contributed by atoms with Crippen LogP contribution in [0.15, 0.2) is 18.7 Å². The lowest BCUT2D eigenvalue weighted by Crippen LogP contribution is -2.51. The Morgan fingerprint density at radius 3 is 3.06 bits per heavy atom. The Morgan fingerprint density at radius 1 is 1.61 bits per heavy atom. The summed E-state index contributed by atoms with van der Waals surface area (Å²) in [6, 6.07) is 0.461. The van der Waals surface area contributed by atoms with Gasteiger partial charge in [-0.2, -0.15) is 0 Å². The highest BCUT2D eigenvalue weighted by Crippen LogP contribution is 2.20. The summed E-state index contributed by atoms with van der Waals surface area (Å²) in [5, 5.41) is 3.39.